The molecule has 29 heavy (non-hydrogen) atoms. The van der Waals surface area contributed by atoms with Crippen molar-refractivity contribution < 1.29 is 18.9 Å². The van der Waals surface area contributed by atoms with Crippen molar-refractivity contribution in [3.8, 4) is 0 Å². The highest BCUT2D eigenvalue weighted by atomic mass is 35.5. The lowest BCUT2D eigenvalue weighted by Gasteiger charge is -2.64. The zero-order valence-electron chi connectivity index (χ0n) is 18.5. The smallest absolute Gasteiger partial charge is 0.404 e. The fourth-order valence-corrected chi connectivity index (χ4v) is 5.45. The van der Waals surface area contributed by atoms with Gasteiger partial charge in [0.2, 0.25) is 11.8 Å². The molecule has 1 saturated heterocycles. The molecule has 4 rings (SSSR count). The fraction of sp³-hybridized carbons (Fsp3) is 0.900. The Morgan fingerprint density at radius 2 is 1.90 bits per heavy atom. The van der Waals surface area contributed by atoms with Crippen LogP contribution in [0.25, 0.3) is 0 Å². The molecule has 6 atom stereocenters. The molecule has 9 heteroatoms. The lowest BCUT2D eigenvalue weighted by Crippen LogP contribution is -2.65. The van der Waals surface area contributed by atoms with Gasteiger partial charge >= 0.3 is 7.12 Å². The van der Waals surface area contributed by atoms with E-state index in [4.69, 9.17) is 15.0 Å². The number of hydrogen-bond donors (Lipinski definition) is 3. The average molecular weight is 430 g/mol. The Balaban J connectivity index is 0.00000300. The van der Waals surface area contributed by atoms with Crippen LogP contribution < -0.4 is 16.4 Å². The molecule has 7 nitrogen and oxygen atoms in total. The SMILES string of the molecule is CC(=O)NC[C@H](N)C(=O)N[C@@H](CC(C)C)B1O[C@@H]2C[C@@H]3C[C@@H](C3(C)C)[C@]2(C)O1.Cl. The summed E-state index contributed by atoms with van der Waals surface area (Å²) >= 11 is 0. The van der Waals surface area contributed by atoms with Gasteiger partial charge in [-0.15, -0.1) is 12.4 Å². The molecule has 2 amide bonds. The van der Waals surface area contributed by atoms with Crippen molar-refractivity contribution in [1.29, 1.82) is 0 Å². The van der Waals surface area contributed by atoms with Gasteiger partial charge < -0.3 is 25.7 Å². The first-order chi connectivity index (χ1) is 12.9. The van der Waals surface area contributed by atoms with Crippen molar-refractivity contribution >= 4 is 31.3 Å². The molecule has 0 unspecified atom stereocenters. The molecule has 3 saturated carbocycles. The van der Waals surface area contributed by atoms with E-state index in [0.29, 0.717) is 17.8 Å². The molecular formula is C20H37BClN3O4. The largest absolute Gasteiger partial charge is 0.481 e. The van der Waals surface area contributed by atoms with E-state index in [2.05, 4.69) is 45.3 Å². The summed E-state index contributed by atoms with van der Waals surface area (Å²) in [5.74, 6) is 0.760. The Morgan fingerprint density at radius 3 is 2.45 bits per heavy atom. The van der Waals surface area contributed by atoms with Crippen LogP contribution in [0.2, 0.25) is 0 Å². The maximum atomic E-state index is 12.6. The molecule has 1 heterocycles. The van der Waals surface area contributed by atoms with Crippen molar-refractivity contribution in [2.75, 3.05) is 6.54 Å². The van der Waals surface area contributed by atoms with Crippen LogP contribution in [0.5, 0.6) is 0 Å². The molecule has 3 aliphatic carbocycles. The van der Waals surface area contributed by atoms with Crippen molar-refractivity contribution in [2.24, 2.45) is 28.9 Å². The summed E-state index contributed by atoms with van der Waals surface area (Å²) in [6.45, 7) is 12.6. The Kier molecular flexibility index (Phi) is 7.36. The molecule has 1 aliphatic heterocycles. The van der Waals surface area contributed by atoms with E-state index in [1.54, 1.807) is 0 Å². The Bertz CT molecular complexity index is 635. The molecule has 0 aromatic rings. The predicted octanol–water partition coefficient (Wildman–Crippen LogP) is 1.67. The number of halogens is 1. The fourth-order valence-electron chi connectivity index (χ4n) is 5.45. The summed E-state index contributed by atoms with van der Waals surface area (Å²) in [6, 6.07) is -0.801. The van der Waals surface area contributed by atoms with Gasteiger partial charge in [0.15, 0.2) is 0 Å². The minimum absolute atomic E-state index is 0. The third-order valence-electron chi connectivity index (χ3n) is 7.26. The summed E-state index contributed by atoms with van der Waals surface area (Å²) in [4.78, 5) is 23.7. The van der Waals surface area contributed by atoms with Crippen LogP contribution >= 0.6 is 12.4 Å². The van der Waals surface area contributed by atoms with Gasteiger partial charge in [-0.2, -0.15) is 0 Å². The van der Waals surface area contributed by atoms with Gasteiger partial charge in [-0.3, -0.25) is 9.59 Å². The monoisotopic (exact) mass is 429 g/mol. The zero-order valence-corrected chi connectivity index (χ0v) is 19.3. The van der Waals surface area contributed by atoms with Crippen molar-refractivity contribution in [2.45, 2.75) is 84.5 Å². The van der Waals surface area contributed by atoms with Gasteiger partial charge in [-0.1, -0.05) is 27.7 Å². The van der Waals surface area contributed by atoms with Crippen LogP contribution in [0, 0.1) is 23.2 Å². The van der Waals surface area contributed by atoms with E-state index >= 15 is 0 Å². The second-order valence-electron chi connectivity index (χ2n) is 10.1. The number of amides is 2. The third kappa shape index (κ3) is 4.60. The first-order valence-electron chi connectivity index (χ1n) is 10.6. The number of nitrogens with two attached hydrogens (primary N) is 1. The molecule has 0 aromatic heterocycles. The summed E-state index contributed by atoms with van der Waals surface area (Å²) in [7, 11) is -0.468. The van der Waals surface area contributed by atoms with E-state index in [0.717, 1.165) is 12.8 Å². The molecular weight excluding hydrogens is 393 g/mol. The quantitative estimate of drug-likeness (QED) is 0.534. The Labute approximate surface area is 181 Å². The number of rotatable bonds is 7. The number of nitrogens with one attached hydrogen (secondary N) is 2. The van der Waals surface area contributed by atoms with E-state index in [1.807, 2.05) is 0 Å². The number of carbonyl (C=O) groups excluding carboxylic acids is 2. The number of carbonyl (C=O) groups is 2. The standard InChI is InChI=1S/C20H36BN3O4.ClH/c1-11(2)7-17(24-18(26)14(22)10-23-12(3)25)21-27-16-9-13-8-15(19(13,4)5)20(16,6)28-21;/h11,13-17H,7-10,22H2,1-6H3,(H,23,25)(H,24,26);1H/t13-,14-,15-,16+,17-,20-;/m0./s1. The van der Waals surface area contributed by atoms with E-state index in [9.17, 15) is 9.59 Å². The highest BCUT2D eigenvalue weighted by Gasteiger charge is 2.68. The van der Waals surface area contributed by atoms with Crippen molar-refractivity contribution in [1.82, 2.24) is 10.6 Å². The van der Waals surface area contributed by atoms with Crippen LogP contribution in [-0.2, 0) is 18.9 Å². The Morgan fingerprint density at radius 1 is 1.24 bits per heavy atom. The maximum Gasteiger partial charge on any atom is 0.481 e. The van der Waals surface area contributed by atoms with Gasteiger partial charge in [-0.05, 0) is 49.4 Å². The molecule has 4 aliphatic rings. The topological polar surface area (TPSA) is 103 Å². The van der Waals surface area contributed by atoms with Gasteiger partial charge in [0.1, 0.15) is 6.04 Å². The highest BCUT2D eigenvalue weighted by molar-refractivity contribution is 6.47. The molecule has 0 aromatic carbocycles. The van der Waals surface area contributed by atoms with Crippen LogP contribution in [0.1, 0.15) is 60.8 Å². The van der Waals surface area contributed by atoms with E-state index in [-0.39, 0.29) is 53.8 Å². The zero-order chi connectivity index (χ0) is 20.9. The maximum absolute atomic E-state index is 12.6. The van der Waals surface area contributed by atoms with Gasteiger partial charge in [-0.25, -0.2) is 0 Å². The minimum atomic E-state index is -0.801. The molecule has 2 bridgehead atoms. The second-order valence-corrected chi connectivity index (χ2v) is 10.1. The van der Waals surface area contributed by atoms with Gasteiger partial charge in [0.05, 0.1) is 17.6 Å². The van der Waals surface area contributed by atoms with Crippen LogP contribution in [0.4, 0.5) is 0 Å². The first kappa shape index (κ1) is 24.4. The predicted molar refractivity (Wildman–Crippen MR) is 115 cm³/mol. The molecule has 0 spiro atoms. The minimum Gasteiger partial charge on any atom is -0.404 e. The molecule has 0 radical (unpaired) electrons. The third-order valence-corrected chi connectivity index (χ3v) is 7.26. The molecule has 4 fully saturated rings. The van der Waals surface area contributed by atoms with Gasteiger partial charge in [0, 0.05) is 13.5 Å². The van der Waals surface area contributed by atoms with Crippen LogP contribution in [0.15, 0.2) is 0 Å². The summed E-state index contributed by atoms with van der Waals surface area (Å²) in [6.07, 6.45) is 3.03. The lowest BCUT2D eigenvalue weighted by molar-refractivity contribution is -0.199. The van der Waals surface area contributed by atoms with Gasteiger partial charge in [0.25, 0.3) is 0 Å². The highest BCUT2D eigenvalue weighted by Crippen LogP contribution is 2.65. The summed E-state index contributed by atoms with van der Waals surface area (Å²) in [5.41, 5.74) is 5.92. The first-order valence-corrected chi connectivity index (χ1v) is 10.6. The second kappa shape index (κ2) is 8.73. The Hall–Kier alpha value is -0.825. The van der Waals surface area contributed by atoms with Crippen molar-refractivity contribution in [3.63, 3.8) is 0 Å². The average Bonchev–Trinajstić information content (AvgIpc) is 2.95. The summed E-state index contributed by atoms with van der Waals surface area (Å²) < 4.78 is 12.9. The number of hydrogen-bond acceptors (Lipinski definition) is 5. The van der Waals surface area contributed by atoms with Crippen LogP contribution in [0.3, 0.4) is 0 Å². The summed E-state index contributed by atoms with van der Waals surface area (Å²) in [5, 5.41) is 5.61. The molecule has 166 valence electrons. The van der Waals surface area contributed by atoms with Crippen LogP contribution in [-0.4, -0.2) is 49.2 Å². The van der Waals surface area contributed by atoms with E-state index < -0.39 is 13.2 Å². The van der Waals surface area contributed by atoms with Crippen molar-refractivity contribution in [3.05, 3.63) is 0 Å². The lowest BCUT2D eigenvalue weighted by atomic mass is 9.43. The normalized spacial score (nSPS) is 33.8. The molecule has 4 N–H and O–H groups in total. The van der Waals surface area contributed by atoms with E-state index in [1.165, 1.54) is 13.3 Å².